The summed E-state index contributed by atoms with van der Waals surface area (Å²) in [5.74, 6) is 1.94. The fraction of sp³-hybridized carbons (Fsp3) is 0.630. The zero-order valence-corrected chi connectivity index (χ0v) is 22.0. The molecule has 1 unspecified atom stereocenters. The Labute approximate surface area is 208 Å². The lowest BCUT2D eigenvalue weighted by atomic mass is 9.89. The Morgan fingerprint density at radius 3 is 2.60 bits per heavy atom. The number of fused-ring (bicyclic) bond motifs is 1. The van der Waals surface area contributed by atoms with Crippen molar-refractivity contribution in [3.8, 4) is 5.75 Å². The summed E-state index contributed by atoms with van der Waals surface area (Å²) in [4.78, 5) is 18.8. The van der Waals surface area contributed by atoms with Gasteiger partial charge in [-0.3, -0.25) is 9.69 Å². The molecule has 1 saturated carbocycles. The molecule has 190 valence electrons. The molecule has 1 N–H and O–H groups in total. The van der Waals surface area contributed by atoms with Gasteiger partial charge in [0, 0.05) is 29.1 Å². The van der Waals surface area contributed by atoms with Crippen molar-refractivity contribution in [1.29, 1.82) is 0 Å². The van der Waals surface area contributed by atoms with Gasteiger partial charge in [-0.1, -0.05) is 40.0 Å². The van der Waals surface area contributed by atoms with Gasteiger partial charge in [-0.25, -0.2) is 4.68 Å². The molecule has 2 heterocycles. The van der Waals surface area contributed by atoms with Gasteiger partial charge < -0.3 is 9.72 Å². The molecule has 35 heavy (non-hydrogen) atoms. The van der Waals surface area contributed by atoms with E-state index < -0.39 is 0 Å². The molecule has 8 heteroatoms. The molecule has 0 spiro atoms. The van der Waals surface area contributed by atoms with E-state index in [-0.39, 0.29) is 23.1 Å². The molecule has 1 fully saturated rings. The number of ether oxygens (including phenoxy) is 1. The van der Waals surface area contributed by atoms with Crippen LogP contribution in [0.1, 0.15) is 90.6 Å². The van der Waals surface area contributed by atoms with Crippen LogP contribution in [-0.4, -0.2) is 43.2 Å². The van der Waals surface area contributed by atoms with Gasteiger partial charge >= 0.3 is 0 Å². The summed E-state index contributed by atoms with van der Waals surface area (Å²) in [6.45, 7) is 11.5. The first kappa shape index (κ1) is 25.4. The maximum absolute atomic E-state index is 13.2. The van der Waals surface area contributed by atoms with Crippen molar-refractivity contribution < 1.29 is 4.74 Å². The molecule has 4 rings (SSSR count). The van der Waals surface area contributed by atoms with Gasteiger partial charge in [-0.15, -0.1) is 5.10 Å². The zero-order chi connectivity index (χ0) is 25.2. The third-order valence-electron chi connectivity index (χ3n) is 7.71. The van der Waals surface area contributed by atoms with E-state index in [2.05, 4.69) is 60.0 Å². The Morgan fingerprint density at radius 1 is 1.20 bits per heavy atom. The van der Waals surface area contributed by atoms with Crippen LogP contribution in [0, 0.1) is 5.92 Å². The molecule has 0 amide bonds. The van der Waals surface area contributed by atoms with Crippen LogP contribution in [0.2, 0.25) is 0 Å². The lowest BCUT2D eigenvalue weighted by Crippen LogP contribution is -2.44. The number of pyridine rings is 1. The van der Waals surface area contributed by atoms with Crippen LogP contribution < -0.4 is 10.3 Å². The van der Waals surface area contributed by atoms with E-state index in [9.17, 15) is 4.79 Å². The van der Waals surface area contributed by atoms with Crippen molar-refractivity contribution >= 4 is 10.9 Å². The third-order valence-corrected chi connectivity index (χ3v) is 7.71. The number of benzene rings is 1. The monoisotopic (exact) mass is 480 g/mol. The maximum atomic E-state index is 13.2. The highest BCUT2D eigenvalue weighted by molar-refractivity contribution is 5.80. The minimum Gasteiger partial charge on any atom is -0.497 e. The molecule has 1 aliphatic rings. The van der Waals surface area contributed by atoms with Gasteiger partial charge in [0.25, 0.3) is 5.56 Å². The number of hydrogen-bond donors (Lipinski definition) is 1. The van der Waals surface area contributed by atoms with Crippen LogP contribution in [-0.2, 0) is 12.1 Å². The lowest BCUT2D eigenvalue weighted by Gasteiger charge is -2.42. The van der Waals surface area contributed by atoms with Crippen molar-refractivity contribution in [3.05, 3.63) is 46.0 Å². The number of aromatic nitrogens is 5. The molecule has 8 nitrogen and oxygen atoms in total. The van der Waals surface area contributed by atoms with Gasteiger partial charge in [0.15, 0.2) is 5.82 Å². The second kappa shape index (κ2) is 10.5. The fourth-order valence-electron chi connectivity index (χ4n) is 5.33. The Morgan fingerprint density at radius 2 is 1.94 bits per heavy atom. The van der Waals surface area contributed by atoms with E-state index in [1.54, 1.807) is 7.11 Å². The van der Waals surface area contributed by atoms with Crippen molar-refractivity contribution in [3.63, 3.8) is 0 Å². The zero-order valence-electron chi connectivity index (χ0n) is 22.0. The minimum atomic E-state index is -0.193. The van der Waals surface area contributed by atoms with Gasteiger partial charge in [-0.05, 0) is 73.7 Å². The lowest BCUT2D eigenvalue weighted by molar-refractivity contribution is 0.0572. The van der Waals surface area contributed by atoms with Gasteiger partial charge in [0.1, 0.15) is 5.75 Å². The second-order valence-corrected chi connectivity index (χ2v) is 10.8. The molecule has 1 atom stereocenters. The highest BCUT2D eigenvalue weighted by Crippen LogP contribution is 2.37. The summed E-state index contributed by atoms with van der Waals surface area (Å²) >= 11 is 0. The van der Waals surface area contributed by atoms with E-state index in [0.717, 1.165) is 47.3 Å². The van der Waals surface area contributed by atoms with E-state index in [1.165, 1.54) is 19.3 Å². The number of tetrazole rings is 1. The molecule has 2 aromatic heterocycles. The number of nitrogens with one attached hydrogen (secondary N) is 1. The molecular weight excluding hydrogens is 440 g/mol. The fourth-order valence-corrected chi connectivity index (χ4v) is 5.33. The second-order valence-electron chi connectivity index (χ2n) is 10.8. The highest BCUT2D eigenvalue weighted by atomic mass is 16.5. The molecule has 1 aromatic carbocycles. The average molecular weight is 481 g/mol. The summed E-state index contributed by atoms with van der Waals surface area (Å²) in [5, 5.41) is 14.1. The number of H-pyrrole nitrogens is 1. The average Bonchev–Trinajstić information content (AvgIpc) is 3.34. The van der Waals surface area contributed by atoms with Crippen LogP contribution in [0.5, 0.6) is 5.75 Å². The largest absolute Gasteiger partial charge is 0.497 e. The number of methoxy groups -OCH3 is 1. The van der Waals surface area contributed by atoms with Crippen LogP contribution in [0.4, 0.5) is 0 Å². The smallest absolute Gasteiger partial charge is 0.252 e. The number of aromatic amines is 1. The van der Waals surface area contributed by atoms with E-state index in [4.69, 9.17) is 4.74 Å². The molecule has 0 radical (unpaired) electrons. The number of nitrogens with zero attached hydrogens (tertiary/aromatic N) is 5. The number of hydrogen-bond acceptors (Lipinski definition) is 6. The maximum Gasteiger partial charge on any atom is 0.252 e. The van der Waals surface area contributed by atoms with Crippen LogP contribution in [0.15, 0.2) is 29.1 Å². The van der Waals surface area contributed by atoms with Crippen LogP contribution in [0.25, 0.3) is 10.9 Å². The third kappa shape index (κ3) is 5.27. The number of rotatable bonds is 9. The standard InChI is InChI=1S/C27H40N6O2/c1-7-27(4,5)33-25(29-30-31-33)24(18(2)3)32(21-11-9-8-10-12-21)17-20-15-19-16-22(35-6)13-14-23(19)28-26(20)34/h13-16,18,21,24H,7-12,17H2,1-6H3,(H,28,34). The Kier molecular flexibility index (Phi) is 7.59. The summed E-state index contributed by atoms with van der Waals surface area (Å²) < 4.78 is 7.42. The van der Waals surface area contributed by atoms with Gasteiger partial charge in [-0.2, -0.15) is 0 Å². The van der Waals surface area contributed by atoms with Gasteiger partial charge in [0.05, 0.1) is 18.7 Å². The molecule has 0 bridgehead atoms. The summed E-state index contributed by atoms with van der Waals surface area (Å²) in [7, 11) is 1.66. The molecule has 0 aliphatic heterocycles. The molecule has 1 aliphatic carbocycles. The molecular formula is C27H40N6O2. The first-order valence-corrected chi connectivity index (χ1v) is 13.0. The summed E-state index contributed by atoms with van der Waals surface area (Å²) in [5.41, 5.74) is 1.34. The van der Waals surface area contributed by atoms with Crippen LogP contribution in [0.3, 0.4) is 0 Å². The predicted octanol–water partition coefficient (Wildman–Crippen LogP) is 5.20. The van der Waals surface area contributed by atoms with Crippen molar-refractivity contribution in [2.45, 2.75) is 97.3 Å². The first-order chi connectivity index (χ1) is 16.7. The van der Waals surface area contributed by atoms with Gasteiger partial charge in [0.2, 0.25) is 0 Å². The molecule has 0 saturated heterocycles. The SMILES string of the molecule is CCC(C)(C)n1nnnc1C(C(C)C)N(Cc1cc2cc(OC)ccc2[nH]c1=O)C1CCCCC1. The Balaban J connectivity index is 1.80. The molecule has 3 aromatic rings. The Hall–Kier alpha value is -2.74. The van der Waals surface area contributed by atoms with E-state index in [0.29, 0.717) is 12.6 Å². The summed E-state index contributed by atoms with van der Waals surface area (Å²) in [6.07, 6.45) is 6.87. The first-order valence-electron chi connectivity index (χ1n) is 13.0. The minimum absolute atomic E-state index is 0.000619. The Bertz CT molecular complexity index is 1190. The predicted molar refractivity (Wildman–Crippen MR) is 139 cm³/mol. The van der Waals surface area contributed by atoms with E-state index >= 15 is 0 Å². The van der Waals surface area contributed by atoms with Crippen molar-refractivity contribution in [2.24, 2.45) is 5.92 Å². The van der Waals surface area contributed by atoms with Crippen molar-refractivity contribution in [1.82, 2.24) is 30.1 Å². The van der Waals surface area contributed by atoms with Crippen LogP contribution >= 0.6 is 0 Å². The van der Waals surface area contributed by atoms with E-state index in [1.807, 2.05) is 28.9 Å². The topological polar surface area (TPSA) is 88.9 Å². The van der Waals surface area contributed by atoms with Crippen molar-refractivity contribution in [2.75, 3.05) is 7.11 Å². The quantitative estimate of drug-likeness (QED) is 0.453. The normalized spacial score (nSPS) is 16.3. The highest BCUT2D eigenvalue weighted by Gasteiger charge is 2.37. The summed E-state index contributed by atoms with van der Waals surface area (Å²) in [6, 6.07) is 8.14.